The van der Waals surface area contributed by atoms with Gasteiger partial charge in [0, 0.05) is 10.0 Å². The second-order valence-corrected chi connectivity index (χ2v) is 3.82. The number of benzene rings is 1. The second kappa shape index (κ2) is 4.00. The van der Waals surface area contributed by atoms with Gasteiger partial charge < -0.3 is 9.47 Å². The van der Waals surface area contributed by atoms with Crippen molar-refractivity contribution in [2.45, 2.75) is 6.29 Å². The minimum Gasteiger partial charge on any atom is -0.346 e. The van der Waals surface area contributed by atoms with Crippen LogP contribution in [0.3, 0.4) is 0 Å². The Hall–Kier alpha value is -0.385. The van der Waals surface area contributed by atoms with Gasteiger partial charge >= 0.3 is 0 Å². The van der Waals surface area contributed by atoms with Crippen molar-refractivity contribution in [3.63, 3.8) is 0 Å². The molecule has 1 aromatic rings. The molecule has 72 valence electrons. The lowest BCUT2D eigenvalue weighted by Crippen LogP contribution is -2.16. The molecule has 1 aromatic carbocycles. The molecule has 2 nitrogen and oxygen atoms in total. The Kier molecular flexibility index (Phi) is 2.90. The average molecular weight is 257 g/mol. The van der Waals surface area contributed by atoms with E-state index in [1.807, 2.05) is 0 Å². The van der Waals surface area contributed by atoms with E-state index in [-0.39, 0.29) is 5.82 Å². The minimum absolute atomic E-state index is 0.337. The van der Waals surface area contributed by atoms with Crippen molar-refractivity contribution in [3.05, 3.63) is 28.0 Å². The number of hydrogen-bond acceptors (Lipinski definition) is 2. The monoisotopic (exact) mass is 256 g/mol. The first-order chi connectivity index (χ1) is 6.68. The number of ether oxygens (including phenoxy) is 2. The van der Waals surface area contributed by atoms with Crippen LogP contribution in [0.1, 0.15) is 11.9 Å². The van der Waals surface area contributed by atoms with E-state index in [1.54, 1.807) is 0 Å². The lowest BCUT2D eigenvalue weighted by molar-refractivity contribution is -0.0439. The van der Waals surface area contributed by atoms with Crippen LogP contribution in [0.5, 0.6) is 0 Å². The van der Waals surface area contributed by atoms with E-state index in [9.17, 15) is 4.39 Å². The van der Waals surface area contributed by atoms with E-state index >= 15 is 0 Å². The molecule has 0 atom stereocenters. The van der Waals surface area contributed by atoms with Crippen LogP contribution in [0.4, 0.5) is 4.39 Å². The van der Waals surface area contributed by atoms with Crippen molar-refractivity contribution in [2.75, 3.05) is 13.2 Å². The molecule has 2 radical (unpaired) electrons. The molecular formula is C9H7BBrFO2. The van der Waals surface area contributed by atoms with Crippen LogP contribution in [0.2, 0.25) is 0 Å². The van der Waals surface area contributed by atoms with Gasteiger partial charge in [0.15, 0.2) is 6.29 Å². The fraction of sp³-hybridized carbons (Fsp3) is 0.333. The standard InChI is InChI=1S/C9H7BBrFO2/c10-6-3-5(12)4-7(11)8(6)9-13-1-2-14-9/h3-4,9H,1-2H2. The van der Waals surface area contributed by atoms with Crippen LogP contribution >= 0.6 is 15.9 Å². The lowest BCUT2D eigenvalue weighted by Gasteiger charge is -2.14. The predicted molar refractivity (Wildman–Crippen MR) is 54.1 cm³/mol. The highest BCUT2D eigenvalue weighted by Crippen LogP contribution is 2.28. The minimum atomic E-state index is -0.482. The van der Waals surface area contributed by atoms with E-state index in [0.717, 1.165) is 0 Å². The number of hydrogen-bond donors (Lipinski definition) is 0. The van der Waals surface area contributed by atoms with Crippen molar-refractivity contribution in [2.24, 2.45) is 0 Å². The molecule has 0 aliphatic carbocycles. The van der Waals surface area contributed by atoms with Crippen molar-refractivity contribution in [1.29, 1.82) is 0 Å². The van der Waals surface area contributed by atoms with E-state index in [0.29, 0.717) is 28.7 Å². The fourth-order valence-electron chi connectivity index (χ4n) is 1.38. The lowest BCUT2D eigenvalue weighted by atomic mass is 9.90. The molecular weight excluding hydrogens is 250 g/mol. The Morgan fingerprint density at radius 1 is 1.36 bits per heavy atom. The normalized spacial score (nSPS) is 17.6. The van der Waals surface area contributed by atoms with Crippen LogP contribution in [-0.2, 0) is 9.47 Å². The van der Waals surface area contributed by atoms with Crippen molar-refractivity contribution >= 4 is 29.2 Å². The first-order valence-corrected chi connectivity index (χ1v) is 4.95. The molecule has 14 heavy (non-hydrogen) atoms. The van der Waals surface area contributed by atoms with Gasteiger partial charge in [-0.05, 0) is 12.1 Å². The molecule has 1 aliphatic heterocycles. The molecule has 1 saturated heterocycles. The van der Waals surface area contributed by atoms with E-state index < -0.39 is 6.29 Å². The van der Waals surface area contributed by atoms with Gasteiger partial charge in [0.05, 0.1) is 13.2 Å². The summed E-state index contributed by atoms with van der Waals surface area (Å²) in [5.74, 6) is -0.379. The summed E-state index contributed by atoms with van der Waals surface area (Å²) in [7, 11) is 5.67. The van der Waals surface area contributed by atoms with Gasteiger partial charge in [0.25, 0.3) is 0 Å². The highest BCUT2D eigenvalue weighted by Gasteiger charge is 2.22. The zero-order chi connectivity index (χ0) is 10.1. The molecule has 0 saturated carbocycles. The largest absolute Gasteiger partial charge is 0.346 e. The first-order valence-electron chi connectivity index (χ1n) is 4.16. The Bertz CT molecular complexity index is 330. The summed E-state index contributed by atoms with van der Waals surface area (Å²) in [4.78, 5) is 0. The smallest absolute Gasteiger partial charge is 0.184 e. The maximum absolute atomic E-state index is 12.9. The van der Waals surface area contributed by atoms with Crippen LogP contribution in [0.15, 0.2) is 16.6 Å². The zero-order valence-electron chi connectivity index (χ0n) is 7.30. The summed E-state index contributed by atoms with van der Waals surface area (Å²) < 4.78 is 24.0. The summed E-state index contributed by atoms with van der Waals surface area (Å²) in [6.45, 7) is 1.07. The summed E-state index contributed by atoms with van der Waals surface area (Å²) in [6, 6.07) is 2.60. The molecule has 5 heteroatoms. The van der Waals surface area contributed by atoms with Gasteiger partial charge in [-0.3, -0.25) is 0 Å². The third kappa shape index (κ3) is 1.85. The fourth-order valence-corrected chi connectivity index (χ4v) is 2.01. The molecule has 0 N–H and O–H groups in total. The maximum Gasteiger partial charge on any atom is 0.184 e. The summed E-state index contributed by atoms with van der Waals surface area (Å²) in [5.41, 5.74) is 0.993. The maximum atomic E-state index is 12.9. The molecule has 1 heterocycles. The Labute approximate surface area is 90.9 Å². The van der Waals surface area contributed by atoms with Gasteiger partial charge in [0.2, 0.25) is 0 Å². The molecule has 1 fully saturated rings. The van der Waals surface area contributed by atoms with Gasteiger partial charge in [-0.1, -0.05) is 21.4 Å². The van der Waals surface area contributed by atoms with Gasteiger partial charge in [-0.2, -0.15) is 0 Å². The molecule has 2 rings (SSSR count). The van der Waals surface area contributed by atoms with Crippen molar-refractivity contribution in [1.82, 2.24) is 0 Å². The van der Waals surface area contributed by atoms with Crippen LogP contribution < -0.4 is 5.46 Å². The van der Waals surface area contributed by atoms with Gasteiger partial charge in [0.1, 0.15) is 13.7 Å². The van der Waals surface area contributed by atoms with Crippen LogP contribution in [0, 0.1) is 5.82 Å². The molecule has 1 aliphatic rings. The molecule has 0 bridgehead atoms. The molecule has 0 spiro atoms. The summed E-state index contributed by atoms with van der Waals surface area (Å²) in [6.07, 6.45) is -0.482. The molecule has 0 aromatic heterocycles. The van der Waals surface area contributed by atoms with E-state index in [4.69, 9.17) is 17.3 Å². The Morgan fingerprint density at radius 2 is 2.00 bits per heavy atom. The van der Waals surface area contributed by atoms with Crippen molar-refractivity contribution in [3.8, 4) is 0 Å². The third-order valence-corrected chi connectivity index (χ3v) is 2.64. The summed E-state index contributed by atoms with van der Waals surface area (Å²) in [5, 5.41) is 0. The first kappa shape index (κ1) is 10.1. The average Bonchev–Trinajstić information content (AvgIpc) is 2.54. The zero-order valence-corrected chi connectivity index (χ0v) is 8.88. The van der Waals surface area contributed by atoms with E-state index in [2.05, 4.69) is 15.9 Å². The van der Waals surface area contributed by atoms with Gasteiger partial charge in [-0.15, -0.1) is 0 Å². The van der Waals surface area contributed by atoms with Crippen LogP contribution in [-0.4, -0.2) is 21.1 Å². The molecule has 0 amide bonds. The second-order valence-electron chi connectivity index (χ2n) is 2.96. The SMILES string of the molecule is [B]c1cc(F)cc(Br)c1C1OCCO1. The van der Waals surface area contributed by atoms with Crippen molar-refractivity contribution < 1.29 is 13.9 Å². The van der Waals surface area contributed by atoms with E-state index in [1.165, 1.54) is 12.1 Å². The third-order valence-electron chi connectivity index (χ3n) is 1.98. The van der Waals surface area contributed by atoms with Gasteiger partial charge in [-0.25, -0.2) is 4.39 Å². The molecule has 0 unspecified atom stereocenters. The Morgan fingerprint density at radius 3 is 2.57 bits per heavy atom. The summed E-state index contributed by atoms with van der Waals surface area (Å²) >= 11 is 3.23. The van der Waals surface area contributed by atoms with Crippen LogP contribution in [0.25, 0.3) is 0 Å². The number of rotatable bonds is 1. The number of halogens is 2. The topological polar surface area (TPSA) is 18.5 Å². The highest BCUT2D eigenvalue weighted by atomic mass is 79.9. The Balaban J connectivity index is 2.40. The quantitative estimate of drug-likeness (QED) is 0.708. The highest BCUT2D eigenvalue weighted by molar-refractivity contribution is 9.10. The predicted octanol–water partition coefficient (Wildman–Crippen LogP) is 1.43.